The van der Waals surface area contributed by atoms with Crippen molar-refractivity contribution in [3.05, 3.63) is 42.1 Å². The molecule has 184 valence electrons. The number of hydrogen-bond acceptors (Lipinski definition) is 6. The number of halogens is 6. The maximum atomic E-state index is 12.6. The summed E-state index contributed by atoms with van der Waals surface area (Å²) in [5.74, 6) is -2.67. The summed E-state index contributed by atoms with van der Waals surface area (Å²) < 4.78 is 74.5. The van der Waals surface area contributed by atoms with E-state index in [0.29, 0.717) is 25.0 Å². The van der Waals surface area contributed by atoms with Crippen LogP contribution < -0.4 is 15.4 Å². The van der Waals surface area contributed by atoms with Crippen molar-refractivity contribution in [3.8, 4) is 5.75 Å². The highest BCUT2D eigenvalue weighted by atomic mass is 19.4. The molecule has 4 N–H and O–H groups in total. The van der Waals surface area contributed by atoms with Gasteiger partial charge in [-0.3, -0.25) is 9.89 Å². The van der Waals surface area contributed by atoms with Crippen LogP contribution in [-0.2, 0) is 17.9 Å². The molecule has 1 unspecified atom stereocenters. The minimum absolute atomic E-state index is 0.110. The maximum Gasteiger partial charge on any atom is 0.573 e. The monoisotopic (exact) mass is 494 g/mol. The molecule has 1 aliphatic heterocycles. The second-order valence-electron chi connectivity index (χ2n) is 6.93. The van der Waals surface area contributed by atoms with Crippen LogP contribution in [0.4, 0.5) is 26.3 Å². The van der Waals surface area contributed by atoms with Crippen molar-refractivity contribution < 1.29 is 45.8 Å². The number of benzene rings is 1. The molecular weight excluding hydrogens is 478 g/mol. The average molecular weight is 494 g/mol. The molecule has 0 spiro atoms. The SMILES string of the molecule is O=C(NC1CNCc2nccn2C1)c1n[nH]c2cc(OC(F)(F)F)ccc12.O=C(O)C(F)(F)F. The smallest absolute Gasteiger partial charge is 0.475 e. The predicted octanol–water partition coefficient (Wildman–Crippen LogP) is 2.19. The Balaban J connectivity index is 0.000000406. The predicted molar refractivity (Wildman–Crippen MR) is 102 cm³/mol. The van der Waals surface area contributed by atoms with Gasteiger partial charge in [0.2, 0.25) is 0 Å². The van der Waals surface area contributed by atoms with Crippen LogP contribution in [0.3, 0.4) is 0 Å². The van der Waals surface area contributed by atoms with Crippen LogP contribution in [0, 0.1) is 0 Å². The van der Waals surface area contributed by atoms with Gasteiger partial charge in [-0.05, 0) is 12.1 Å². The minimum atomic E-state index is -5.08. The van der Waals surface area contributed by atoms with Crippen molar-refractivity contribution in [3.63, 3.8) is 0 Å². The van der Waals surface area contributed by atoms with Gasteiger partial charge in [0.15, 0.2) is 5.69 Å². The van der Waals surface area contributed by atoms with Gasteiger partial charge < -0.3 is 25.0 Å². The second-order valence-corrected chi connectivity index (χ2v) is 6.93. The molecule has 0 saturated carbocycles. The number of carboxylic acids is 1. The van der Waals surface area contributed by atoms with Crippen LogP contribution in [-0.4, -0.2) is 61.9 Å². The van der Waals surface area contributed by atoms with E-state index in [1.165, 1.54) is 6.07 Å². The number of carbonyl (C=O) groups is 2. The van der Waals surface area contributed by atoms with E-state index in [2.05, 4.69) is 30.6 Å². The van der Waals surface area contributed by atoms with Crippen molar-refractivity contribution in [1.82, 2.24) is 30.4 Å². The zero-order valence-electron chi connectivity index (χ0n) is 16.9. The van der Waals surface area contributed by atoms with E-state index in [-0.39, 0.29) is 23.0 Å². The molecule has 16 heteroatoms. The van der Waals surface area contributed by atoms with Crippen molar-refractivity contribution >= 4 is 22.8 Å². The average Bonchev–Trinajstić information content (AvgIpc) is 3.28. The van der Waals surface area contributed by atoms with E-state index in [0.717, 1.165) is 18.0 Å². The Bertz CT molecular complexity index is 1170. The molecule has 0 radical (unpaired) electrons. The third-order valence-corrected chi connectivity index (χ3v) is 4.45. The lowest BCUT2D eigenvalue weighted by atomic mass is 10.2. The van der Waals surface area contributed by atoms with E-state index < -0.39 is 24.4 Å². The Labute approximate surface area is 185 Å². The van der Waals surface area contributed by atoms with E-state index in [1.807, 2.05) is 10.8 Å². The summed E-state index contributed by atoms with van der Waals surface area (Å²) >= 11 is 0. The zero-order chi connectivity index (χ0) is 25.1. The van der Waals surface area contributed by atoms with Gasteiger partial charge in [-0.1, -0.05) is 0 Å². The number of H-pyrrole nitrogens is 1. The van der Waals surface area contributed by atoms with Gasteiger partial charge in [0.05, 0.1) is 18.1 Å². The normalized spacial score (nSPS) is 16.1. The first-order chi connectivity index (χ1) is 15.8. The molecule has 0 aliphatic carbocycles. The quantitative estimate of drug-likeness (QED) is 0.410. The van der Waals surface area contributed by atoms with Crippen LogP contribution in [0.2, 0.25) is 0 Å². The van der Waals surface area contributed by atoms with Crippen LogP contribution in [0.25, 0.3) is 10.9 Å². The lowest BCUT2D eigenvalue weighted by Crippen LogP contribution is -2.43. The molecule has 0 saturated heterocycles. The molecule has 1 aliphatic rings. The Kier molecular flexibility index (Phi) is 6.99. The number of rotatable bonds is 3. The largest absolute Gasteiger partial charge is 0.573 e. The number of carbonyl (C=O) groups excluding carboxylic acids is 1. The lowest BCUT2D eigenvalue weighted by Gasteiger charge is -2.16. The zero-order valence-corrected chi connectivity index (χ0v) is 16.9. The van der Waals surface area contributed by atoms with Crippen LogP contribution in [0.15, 0.2) is 30.6 Å². The Morgan fingerprint density at radius 2 is 1.91 bits per heavy atom. The summed E-state index contributed by atoms with van der Waals surface area (Å²) in [5, 5.41) is 20.1. The number of imidazole rings is 1. The molecule has 4 rings (SSSR count). The van der Waals surface area contributed by atoms with E-state index >= 15 is 0 Å². The standard InChI is InChI=1S/C16H15F3N6O2.C2HF3O2/c17-16(18,19)27-10-1-2-11-12(5-10)23-24-14(11)15(26)22-9-6-20-7-13-21-3-4-25(13)8-9;3-2(4,5)1(6)7/h1-5,9,20H,6-8H2,(H,22,26)(H,23,24);(H,6,7). The van der Waals surface area contributed by atoms with Gasteiger partial charge in [0.25, 0.3) is 5.91 Å². The second kappa shape index (κ2) is 9.58. The number of nitrogens with zero attached hydrogens (tertiary/aromatic N) is 3. The first-order valence-corrected chi connectivity index (χ1v) is 9.39. The molecule has 1 atom stereocenters. The maximum absolute atomic E-state index is 12.6. The van der Waals surface area contributed by atoms with Crippen LogP contribution >= 0.6 is 0 Å². The summed E-state index contributed by atoms with van der Waals surface area (Å²) in [4.78, 5) is 25.7. The highest BCUT2D eigenvalue weighted by Gasteiger charge is 2.38. The fraction of sp³-hybridized carbons (Fsp3) is 0.333. The van der Waals surface area contributed by atoms with Gasteiger partial charge in [0, 0.05) is 36.9 Å². The lowest BCUT2D eigenvalue weighted by molar-refractivity contribution is -0.274. The van der Waals surface area contributed by atoms with Crippen molar-refractivity contribution in [2.24, 2.45) is 0 Å². The molecule has 34 heavy (non-hydrogen) atoms. The number of carboxylic acid groups (broad SMARTS) is 1. The van der Waals surface area contributed by atoms with E-state index in [1.54, 1.807) is 6.20 Å². The molecule has 3 aromatic rings. The number of amides is 1. The van der Waals surface area contributed by atoms with Crippen molar-refractivity contribution in [1.29, 1.82) is 0 Å². The summed E-state index contributed by atoms with van der Waals surface area (Å²) in [5.41, 5.74) is 0.386. The van der Waals surface area contributed by atoms with Gasteiger partial charge in [-0.2, -0.15) is 18.3 Å². The highest BCUT2D eigenvalue weighted by Crippen LogP contribution is 2.27. The molecule has 0 bridgehead atoms. The topological polar surface area (TPSA) is 134 Å². The third-order valence-electron chi connectivity index (χ3n) is 4.45. The number of hydrogen-bond donors (Lipinski definition) is 4. The Morgan fingerprint density at radius 3 is 2.56 bits per heavy atom. The molecule has 1 aromatic carbocycles. The summed E-state index contributed by atoms with van der Waals surface area (Å²) in [6.07, 6.45) is -6.33. The number of fused-ring (bicyclic) bond motifs is 2. The summed E-state index contributed by atoms with van der Waals surface area (Å²) in [7, 11) is 0. The molecule has 10 nitrogen and oxygen atoms in total. The van der Waals surface area contributed by atoms with E-state index in [4.69, 9.17) is 9.90 Å². The van der Waals surface area contributed by atoms with Crippen molar-refractivity contribution in [2.45, 2.75) is 31.7 Å². The molecular formula is C18H16F6N6O4. The highest BCUT2D eigenvalue weighted by molar-refractivity contribution is 6.05. The summed E-state index contributed by atoms with van der Waals surface area (Å²) in [6.45, 7) is 1.72. The van der Waals surface area contributed by atoms with Crippen LogP contribution in [0.1, 0.15) is 16.3 Å². The van der Waals surface area contributed by atoms with E-state index in [9.17, 15) is 31.1 Å². The number of aromatic amines is 1. The minimum Gasteiger partial charge on any atom is -0.475 e. The number of ether oxygens (including phenoxy) is 1. The van der Waals surface area contributed by atoms with Gasteiger partial charge in [0.1, 0.15) is 11.6 Å². The van der Waals surface area contributed by atoms with Crippen molar-refractivity contribution in [2.75, 3.05) is 6.54 Å². The Hall–Kier alpha value is -3.82. The molecule has 1 amide bonds. The number of nitrogens with one attached hydrogen (secondary N) is 3. The van der Waals surface area contributed by atoms with Gasteiger partial charge in [-0.25, -0.2) is 9.78 Å². The number of aliphatic carboxylic acids is 1. The first-order valence-electron chi connectivity index (χ1n) is 9.39. The fourth-order valence-corrected chi connectivity index (χ4v) is 3.05. The fourth-order valence-electron chi connectivity index (χ4n) is 3.05. The summed E-state index contributed by atoms with van der Waals surface area (Å²) in [6, 6.07) is 3.48. The molecule has 0 fully saturated rings. The number of aromatic nitrogens is 4. The third kappa shape index (κ3) is 6.37. The Morgan fingerprint density at radius 1 is 1.21 bits per heavy atom. The number of alkyl halides is 6. The van der Waals surface area contributed by atoms with Gasteiger partial charge >= 0.3 is 18.5 Å². The molecule has 2 aromatic heterocycles. The molecule has 3 heterocycles. The van der Waals surface area contributed by atoms with Crippen LogP contribution in [0.5, 0.6) is 5.75 Å². The van der Waals surface area contributed by atoms with Gasteiger partial charge in [-0.15, -0.1) is 13.2 Å². The first kappa shape index (κ1) is 24.8.